The average molecular weight is 358 g/mol. The van der Waals surface area contributed by atoms with Crippen molar-refractivity contribution < 1.29 is 9.90 Å². The van der Waals surface area contributed by atoms with E-state index in [4.69, 9.17) is 0 Å². The van der Waals surface area contributed by atoms with E-state index < -0.39 is 0 Å². The zero-order valence-corrected chi connectivity index (χ0v) is 15.1. The Bertz CT molecular complexity index is 986. The van der Waals surface area contributed by atoms with Crippen molar-refractivity contribution in [2.75, 3.05) is 0 Å². The Morgan fingerprint density at radius 1 is 0.926 bits per heavy atom. The fraction of sp³-hybridized carbons (Fsp3) is 0.217. The molecule has 1 amide bonds. The van der Waals surface area contributed by atoms with E-state index in [-0.39, 0.29) is 17.2 Å². The summed E-state index contributed by atoms with van der Waals surface area (Å²) in [5.74, 6) is 0.153. The molecule has 1 saturated carbocycles. The number of benzene rings is 3. The molecule has 4 heteroatoms. The molecule has 0 aromatic heterocycles. The van der Waals surface area contributed by atoms with Crippen molar-refractivity contribution in [1.82, 2.24) is 5.43 Å². The van der Waals surface area contributed by atoms with Crippen LogP contribution in [0.15, 0.2) is 71.8 Å². The normalized spacial score (nSPS) is 16.9. The number of hydrazone groups is 1. The Morgan fingerprint density at radius 3 is 2.26 bits per heavy atom. The summed E-state index contributed by atoms with van der Waals surface area (Å²) in [7, 11) is 0. The number of amides is 1. The van der Waals surface area contributed by atoms with Gasteiger partial charge in [-0.05, 0) is 60.1 Å². The maximum absolute atomic E-state index is 12.5. The Kier molecular flexibility index (Phi) is 4.88. The van der Waals surface area contributed by atoms with Crippen LogP contribution in [0.2, 0.25) is 0 Å². The van der Waals surface area contributed by atoms with E-state index in [0.717, 1.165) is 42.2 Å². The van der Waals surface area contributed by atoms with Gasteiger partial charge in [0.1, 0.15) is 5.75 Å². The van der Waals surface area contributed by atoms with Crippen molar-refractivity contribution in [2.24, 2.45) is 5.10 Å². The summed E-state index contributed by atoms with van der Waals surface area (Å²) in [4.78, 5) is 12.5. The van der Waals surface area contributed by atoms with Gasteiger partial charge in [0.05, 0.1) is 5.56 Å². The van der Waals surface area contributed by atoms with Crippen LogP contribution in [0.4, 0.5) is 0 Å². The van der Waals surface area contributed by atoms with Gasteiger partial charge in [0, 0.05) is 5.71 Å². The summed E-state index contributed by atoms with van der Waals surface area (Å²) < 4.78 is 0. The predicted octanol–water partition coefficient (Wildman–Crippen LogP) is 4.99. The van der Waals surface area contributed by atoms with Crippen molar-refractivity contribution in [2.45, 2.75) is 31.6 Å². The van der Waals surface area contributed by atoms with E-state index in [1.807, 2.05) is 30.3 Å². The van der Waals surface area contributed by atoms with Crippen molar-refractivity contribution >= 4 is 22.4 Å². The van der Waals surface area contributed by atoms with Gasteiger partial charge < -0.3 is 5.11 Å². The number of fused-ring (bicyclic) bond motifs is 1. The minimum Gasteiger partial charge on any atom is -0.507 e. The van der Waals surface area contributed by atoms with Gasteiger partial charge in [0.2, 0.25) is 0 Å². The second-order valence-electron chi connectivity index (χ2n) is 7.02. The standard InChI is InChI=1S/C23H22N2O2/c26-22-15-19-9-5-4-8-18(19)14-21(22)23(27)25-24-20-12-10-17(11-13-20)16-6-2-1-3-7-16/h1-9,14-15,17,26H,10-13H2,(H,25,27). The summed E-state index contributed by atoms with van der Waals surface area (Å²) in [6.45, 7) is 0. The van der Waals surface area contributed by atoms with E-state index in [1.165, 1.54) is 5.56 Å². The number of rotatable bonds is 3. The molecule has 0 bridgehead atoms. The first kappa shape index (κ1) is 17.3. The maximum Gasteiger partial charge on any atom is 0.275 e. The molecule has 1 aliphatic rings. The number of nitrogens with zero attached hydrogens (tertiary/aromatic N) is 1. The number of carbonyl (C=O) groups is 1. The third-order valence-corrected chi connectivity index (χ3v) is 5.26. The topological polar surface area (TPSA) is 61.7 Å². The van der Waals surface area contributed by atoms with Crippen molar-refractivity contribution in [3.8, 4) is 5.75 Å². The van der Waals surface area contributed by atoms with Gasteiger partial charge in [0.15, 0.2) is 0 Å². The lowest BCUT2D eigenvalue weighted by Gasteiger charge is -2.23. The molecule has 27 heavy (non-hydrogen) atoms. The van der Waals surface area contributed by atoms with Crippen molar-refractivity contribution in [1.29, 1.82) is 0 Å². The van der Waals surface area contributed by atoms with Gasteiger partial charge >= 0.3 is 0 Å². The van der Waals surface area contributed by atoms with Gasteiger partial charge in [-0.3, -0.25) is 4.79 Å². The first-order valence-electron chi connectivity index (χ1n) is 9.33. The number of hydrogen-bond donors (Lipinski definition) is 2. The van der Waals surface area contributed by atoms with Gasteiger partial charge in [0.25, 0.3) is 5.91 Å². The first-order valence-corrected chi connectivity index (χ1v) is 9.33. The van der Waals surface area contributed by atoms with Crippen LogP contribution >= 0.6 is 0 Å². The van der Waals surface area contributed by atoms with Gasteiger partial charge in [-0.15, -0.1) is 0 Å². The zero-order valence-electron chi connectivity index (χ0n) is 15.1. The van der Waals surface area contributed by atoms with E-state index >= 15 is 0 Å². The molecule has 2 N–H and O–H groups in total. The van der Waals surface area contributed by atoms with Gasteiger partial charge in [-0.1, -0.05) is 54.6 Å². The maximum atomic E-state index is 12.5. The minimum atomic E-state index is -0.379. The molecule has 3 aromatic rings. The summed E-state index contributed by atoms with van der Waals surface area (Å²) in [5.41, 5.74) is 5.25. The first-order chi connectivity index (χ1) is 13.2. The molecular weight excluding hydrogens is 336 g/mol. The third-order valence-electron chi connectivity index (χ3n) is 5.26. The number of hydrogen-bond acceptors (Lipinski definition) is 3. The van der Waals surface area contributed by atoms with Crippen LogP contribution in [-0.2, 0) is 0 Å². The van der Waals surface area contributed by atoms with Crippen LogP contribution in [0.25, 0.3) is 10.8 Å². The molecule has 136 valence electrons. The van der Waals surface area contributed by atoms with Crippen molar-refractivity contribution in [3.05, 3.63) is 77.9 Å². The second-order valence-corrected chi connectivity index (χ2v) is 7.02. The molecule has 1 aliphatic carbocycles. The molecule has 0 radical (unpaired) electrons. The largest absolute Gasteiger partial charge is 0.507 e. The van der Waals surface area contributed by atoms with Crippen LogP contribution < -0.4 is 5.43 Å². The van der Waals surface area contributed by atoms with E-state index in [2.05, 4.69) is 34.8 Å². The van der Waals surface area contributed by atoms with Crippen LogP contribution in [0, 0.1) is 0 Å². The highest BCUT2D eigenvalue weighted by Gasteiger charge is 2.19. The Balaban J connectivity index is 1.41. The van der Waals surface area contributed by atoms with Crippen molar-refractivity contribution in [3.63, 3.8) is 0 Å². The highest BCUT2D eigenvalue weighted by atomic mass is 16.3. The molecule has 1 fully saturated rings. The number of nitrogens with one attached hydrogen (secondary N) is 1. The summed E-state index contributed by atoms with van der Waals surface area (Å²) in [6, 6.07) is 21.5. The van der Waals surface area contributed by atoms with E-state index in [1.54, 1.807) is 12.1 Å². The number of carbonyl (C=O) groups excluding carboxylic acids is 1. The summed E-state index contributed by atoms with van der Waals surface area (Å²) >= 11 is 0. The molecule has 0 unspecified atom stereocenters. The molecule has 0 heterocycles. The SMILES string of the molecule is O=C(NN=C1CCC(c2ccccc2)CC1)c1cc2ccccc2cc1O. The molecule has 0 atom stereocenters. The Labute approximate surface area is 158 Å². The molecule has 0 spiro atoms. The minimum absolute atomic E-state index is 0.0285. The molecule has 0 saturated heterocycles. The zero-order chi connectivity index (χ0) is 18.6. The number of phenols is 1. The fourth-order valence-electron chi connectivity index (χ4n) is 3.72. The Hall–Kier alpha value is -3.14. The molecular formula is C23H22N2O2. The van der Waals surface area contributed by atoms with E-state index in [9.17, 15) is 9.90 Å². The molecule has 3 aromatic carbocycles. The summed E-state index contributed by atoms with van der Waals surface area (Å²) in [5, 5.41) is 16.3. The van der Waals surface area contributed by atoms with Crippen LogP contribution in [-0.4, -0.2) is 16.7 Å². The second kappa shape index (κ2) is 7.62. The smallest absolute Gasteiger partial charge is 0.275 e. The molecule has 4 rings (SSSR count). The predicted molar refractivity (Wildman–Crippen MR) is 108 cm³/mol. The van der Waals surface area contributed by atoms with Crippen LogP contribution in [0.5, 0.6) is 5.75 Å². The van der Waals surface area contributed by atoms with Crippen LogP contribution in [0.3, 0.4) is 0 Å². The Morgan fingerprint density at radius 2 is 1.56 bits per heavy atom. The van der Waals surface area contributed by atoms with E-state index in [0.29, 0.717) is 5.92 Å². The number of aromatic hydroxyl groups is 1. The molecule has 0 aliphatic heterocycles. The quantitative estimate of drug-likeness (QED) is 0.648. The lowest BCUT2D eigenvalue weighted by atomic mass is 9.83. The van der Waals surface area contributed by atoms with Gasteiger partial charge in [-0.25, -0.2) is 5.43 Å². The van der Waals surface area contributed by atoms with Crippen LogP contribution in [0.1, 0.15) is 47.5 Å². The lowest BCUT2D eigenvalue weighted by molar-refractivity contribution is 0.0952. The third kappa shape index (κ3) is 3.85. The molecule has 4 nitrogen and oxygen atoms in total. The average Bonchev–Trinajstić information content (AvgIpc) is 2.72. The highest BCUT2D eigenvalue weighted by Crippen LogP contribution is 2.31. The fourth-order valence-corrected chi connectivity index (χ4v) is 3.72. The number of phenolic OH excluding ortho intramolecular Hbond substituents is 1. The lowest BCUT2D eigenvalue weighted by Crippen LogP contribution is -2.22. The monoisotopic (exact) mass is 358 g/mol. The van der Waals surface area contributed by atoms with Gasteiger partial charge in [-0.2, -0.15) is 5.10 Å². The highest BCUT2D eigenvalue weighted by molar-refractivity contribution is 6.02. The summed E-state index contributed by atoms with van der Waals surface area (Å²) in [6.07, 6.45) is 3.84.